The quantitative estimate of drug-likeness (QED) is 0.297. The normalized spacial score (nSPS) is 18.0. The Morgan fingerprint density at radius 1 is 1.00 bits per heavy atom. The van der Waals surface area contributed by atoms with Gasteiger partial charge in [-0.3, -0.25) is 9.59 Å². The van der Waals surface area contributed by atoms with Crippen molar-refractivity contribution in [1.82, 2.24) is 9.80 Å². The minimum absolute atomic E-state index is 0.0537. The Balaban J connectivity index is 1.53. The number of amides is 2. The molecule has 0 aliphatic carbocycles. The summed E-state index contributed by atoms with van der Waals surface area (Å²) in [6, 6.07) is 27.2. The Hall–Kier alpha value is -3.31. The van der Waals surface area contributed by atoms with Crippen molar-refractivity contribution >= 4 is 23.4 Å². The largest absolute Gasteiger partial charge is 0.493 e. The van der Waals surface area contributed by atoms with Crippen LogP contribution in [0.15, 0.2) is 84.9 Å². The van der Waals surface area contributed by atoms with Crippen LogP contribution in [0, 0.1) is 5.41 Å². The first-order valence-corrected chi connectivity index (χ1v) is 13.8. The molecule has 38 heavy (non-hydrogen) atoms. The number of carbonyl (C=O) groups is 2. The third-order valence-electron chi connectivity index (χ3n) is 7.45. The molecule has 0 saturated carbocycles. The van der Waals surface area contributed by atoms with E-state index in [1.807, 2.05) is 84.7 Å². The van der Waals surface area contributed by atoms with Gasteiger partial charge in [0.25, 0.3) is 0 Å². The van der Waals surface area contributed by atoms with Crippen molar-refractivity contribution in [2.45, 2.75) is 45.1 Å². The second kappa shape index (κ2) is 13.0. The van der Waals surface area contributed by atoms with Crippen LogP contribution in [0.2, 0.25) is 5.02 Å². The molecule has 0 unspecified atom stereocenters. The highest BCUT2D eigenvalue weighted by molar-refractivity contribution is 6.30. The van der Waals surface area contributed by atoms with Crippen molar-refractivity contribution < 1.29 is 14.3 Å². The molecule has 0 radical (unpaired) electrons. The maximum Gasteiger partial charge on any atom is 0.230 e. The van der Waals surface area contributed by atoms with E-state index in [1.165, 1.54) is 0 Å². The molecular weight excluding hydrogens is 496 g/mol. The molecule has 6 heteroatoms. The van der Waals surface area contributed by atoms with Crippen LogP contribution in [-0.2, 0) is 16.1 Å². The summed E-state index contributed by atoms with van der Waals surface area (Å²) in [6.45, 7) is 4.14. The van der Waals surface area contributed by atoms with Crippen LogP contribution in [0.1, 0.15) is 49.7 Å². The zero-order chi connectivity index (χ0) is 27.0. The van der Waals surface area contributed by atoms with Crippen molar-refractivity contribution in [3.05, 3.63) is 101 Å². The maximum atomic E-state index is 13.8. The summed E-state index contributed by atoms with van der Waals surface area (Å²) in [5.41, 5.74) is 1.64. The Kier molecular flexibility index (Phi) is 9.46. The molecule has 0 spiro atoms. The lowest BCUT2D eigenvalue weighted by Crippen LogP contribution is -2.51. The summed E-state index contributed by atoms with van der Waals surface area (Å²) in [6.07, 6.45) is 2.69. The van der Waals surface area contributed by atoms with Gasteiger partial charge in [0.2, 0.25) is 11.8 Å². The van der Waals surface area contributed by atoms with Crippen LogP contribution in [0.4, 0.5) is 0 Å². The number of likely N-dealkylation sites (tertiary alicyclic amines) is 1. The molecule has 0 aromatic heterocycles. The molecule has 2 atom stereocenters. The van der Waals surface area contributed by atoms with Crippen LogP contribution in [-0.4, -0.2) is 48.4 Å². The predicted octanol–water partition coefficient (Wildman–Crippen LogP) is 6.57. The van der Waals surface area contributed by atoms with E-state index < -0.39 is 5.41 Å². The van der Waals surface area contributed by atoms with E-state index in [0.29, 0.717) is 43.4 Å². The molecule has 3 aromatic carbocycles. The van der Waals surface area contributed by atoms with Gasteiger partial charge in [-0.1, -0.05) is 79.2 Å². The van der Waals surface area contributed by atoms with E-state index in [4.69, 9.17) is 16.3 Å². The summed E-state index contributed by atoms with van der Waals surface area (Å²) in [7, 11) is 1.84. The van der Waals surface area contributed by atoms with Crippen LogP contribution in [0.3, 0.4) is 0 Å². The fourth-order valence-electron chi connectivity index (χ4n) is 5.34. The monoisotopic (exact) mass is 532 g/mol. The van der Waals surface area contributed by atoms with Gasteiger partial charge >= 0.3 is 0 Å². The van der Waals surface area contributed by atoms with E-state index in [1.54, 1.807) is 17.0 Å². The Morgan fingerprint density at radius 3 is 2.32 bits per heavy atom. The fraction of sp³-hybridized carbons (Fsp3) is 0.375. The lowest BCUT2D eigenvalue weighted by atomic mass is 9.76. The first-order valence-electron chi connectivity index (χ1n) is 13.4. The maximum absolute atomic E-state index is 13.8. The average Bonchev–Trinajstić information content (AvgIpc) is 2.94. The average molecular weight is 533 g/mol. The molecule has 0 bridgehead atoms. The highest BCUT2D eigenvalue weighted by atomic mass is 35.5. The van der Waals surface area contributed by atoms with Gasteiger partial charge in [-0.2, -0.15) is 0 Å². The van der Waals surface area contributed by atoms with Gasteiger partial charge in [0.1, 0.15) is 5.75 Å². The first-order chi connectivity index (χ1) is 18.4. The second-order valence-corrected chi connectivity index (χ2v) is 10.8. The minimum atomic E-state index is -0.482. The van der Waals surface area contributed by atoms with E-state index in [2.05, 4.69) is 6.92 Å². The van der Waals surface area contributed by atoms with E-state index in [0.717, 1.165) is 30.4 Å². The molecule has 1 saturated heterocycles. The topological polar surface area (TPSA) is 49.9 Å². The van der Waals surface area contributed by atoms with Crippen molar-refractivity contribution in [3.63, 3.8) is 0 Å². The number of halogens is 1. The van der Waals surface area contributed by atoms with E-state index >= 15 is 0 Å². The van der Waals surface area contributed by atoms with Crippen molar-refractivity contribution in [3.8, 4) is 5.75 Å². The number of carbonyl (C=O) groups excluding carboxylic acids is 2. The summed E-state index contributed by atoms with van der Waals surface area (Å²) < 4.78 is 6.23. The highest BCUT2D eigenvalue weighted by Crippen LogP contribution is 2.37. The summed E-state index contributed by atoms with van der Waals surface area (Å²) >= 11 is 6.06. The second-order valence-electron chi connectivity index (χ2n) is 10.4. The smallest absolute Gasteiger partial charge is 0.230 e. The molecule has 0 N–H and O–H groups in total. The molecule has 200 valence electrons. The Bertz CT molecular complexity index is 1190. The predicted molar refractivity (Wildman–Crippen MR) is 152 cm³/mol. The van der Waals surface area contributed by atoms with Gasteiger partial charge in [0.15, 0.2) is 0 Å². The van der Waals surface area contributed by atoms with E-state index in [-0.39, 0.29) is 17.7 Å². The lowest BCUT2D eigenvalue weighted by Gasteiger charge is -2.43. The zero-order valence-electron chi connectivity index (χ0n) is 22.3. The number of hydrogen-bond donors (Lipinski definition) is 0. The molecular formula is C32H37ClN2O3. The number of nitrogens with zero attached hydrogens (tertiary/aromatic N) is 2. The molecule has 1 aliphatic heterocycles. The molecule has 2 amide bonds. The molecule has 1 aliphatic rings. The van der Waals surface area contributed by atoms with Crippen molar-refractivity contribution in [1.29, 1.82) is 0 Å². The minimum Gasteiger partial charge on any atom is -0.493 e. The fourth-order valence-corrected chi connectivity index (χ4v) is 5.46. The van der Waals surface area contributed by atoms with Gasteiger partial charge in [-0.15, -0.1) is 0 Å². The van der Waals surface area contributed by atoms with Crippen molar-refractivity contribution in [2.75, 3.05) is 26.7 Å². The first kappa shape index (κ1) is 27.7. The van der Waals surface area contributed by atoms with Gasteiger partial charge < -0.3 is 14.5 Å². The zero-order valence-corrected chi connectivity index (χ0v) is 23.1. The van der Waals surface area contributed by atoms with Gasteiger partial charge in [0.05, 0.1) is 12.5 Å². The van der Waals surface area contributed by atoms with E-state index in [9.17, 15) is 9.59 Å². The van der Waals surface area contributed by atoms with Crippen LogP contribution in [0.25, 0.3) is 0 Å². The van der Waals surface area contributed by atoms with Gasteiger partial charge in [-0.05, 0) is 54.7 Å². The SMILES string of the molecule is CC[C@@H](C(=O)N1CCC[C@@](COc2ccc(Cl)cc2)(CC(=O)N(C)Cc2ccccc2)C1)c1ccccc1. The third-order valence-corrected chi connectivity index (χ3v) is 7.71. The number of ether oxygens (including phenoxy) is 1. The number of hydrogen-bond acceptors (Lipinski definition) is 3. The number of piperidine rings is 1. The summed E-state index contributed by atoms with van der Waals surface area (Å²) in [5.74, 6) is 0.691. The highest BCUT2D eigenvalue weighted by Gasteiger charge is 2.41. The molecule has 5 nitrogen and oxygen atoms in total. The van der Waals surface area contributed by atoms with Crippen molar-refractivity contribution in [2.24, 2.45) is 5.41 Å². The van der Waals surface area contributed by atoms with Gasteiger partial charge in [0, 0.05) is 43.5 Å². The molecule has 3 aromatic rings. The van der Waals surface area contributed by atoms with Crippen LogP contribution >= 0.6 is 11.6 Å². The van der Waals surface area contributed by atoms with Gasteiger partial charge in [-0.25, -0.2) is 0 Å². The van der Waals surface area contributed by atoms with Crippen LogP contribution < -0.4 is 4.74 Å². The Labute approximate surface area is 231 Å². The number of benzene rings is 3. The Morgan fingerprint density at radius 2 is 1.66 bits per heavy atom. The summed E-state index contributed by atoms with van der Waals surface area (Å²) in [4.78, 5) is 31.0. The molecule has 1 heterocycles. The molecule has 1 fully saturated rings. The third kappa shape index (κ3) is 7.16. The lowest BCUT2D eigenvalue weighted by molar-refractivity contribution is -0.142. The standard InChI is InChI=1S/C32H37ClN2O3/c1-3-29(26-13-8-5-9-14-26)31(37)35-20-10-19-32(23-35,24-38-28-17-15-27(33)16-18-28)21-30(36)34(2)22-25-11-6-4-7-12-25/h4-9,11-18,29H,3,10,19-24H2,1-2H3/t29-,32-/m1/s1. The number of rotatable bonds is 10. The molecule has 4 rings (SSSR count). The summed E-state index contributed by atoms with van der Waals surface area (Å²) in [5, 5.41) is 0.644. The van der Waals surface area contributed by atoms with Crippen LogP contribution in [0.5, 0.6) is 5.75 Å².